The van der Waals surface area contributed by atoms with Gasteiger partial charge < -0.3 is 0 Å². The number of carbonyl (C=O) groups excluding carboxylic acids is 1. The van der Waals surface area contributed by atoms with Crippen LogP contribution in [0.1, 0.15) is 25.7 Å². The average Bonchev–Trinajstić information content (AvgIpc) is 3.06. The predicted octanol–water partition coefficient (Wildman–Crippen LogP) is 1.39. The number of fused-ring (bicyclic) bond motifs is 1. The highest BCUT2D eigenvalue weighted by Crippen LogP contribution is 2.51. The third kappa shape index (κ3) is 3.29. The van der Waals surface area contributed by atoms with Crippen LogP contribution in [0.3, 0.4) is 0 Å². The van der Waals surface area contributed by atoms with Crippen LogP contribution in [-0.2, 0) is 21.4 Å². The van der Waals surface area contributed by atoms with Crippen molar-refractivity contribution < 1.29 is 22.0 Å². The molecule has 9 heteroatoms. The summed E-state index contributed by atoms with van der Waals surface area (Å²) in [6.07, 6.45) is 2.88. The lowest BCUT2D eigenvalue weighted by Gasteiger charge is -2.20. The summed E-state index contributed by atoms with van der Waals surface area (Å²) in [5.41, 5.74) is 0. The Morgan fingerprint density at radius 3 is 2.82 bits per heavy atom. The Morgan fingerprint density at radius 1 is 1.36 bits per heavy atom. The van der Waals surface area contributed by atoms with Crippen LogP contribution < -0.4 is 4.72 Å². The van der Waals surface area contributed by atoms with E-state index in [0.29, 0.717) is 18.3 Å². The molecule has 0 bridgehead atoms. The van der Waals surface area contributed by atoms with E-state index in [-0.39, 0.29) is 10.8 Å². The van der Waals surface area contributed by atoms with Crippen molar-refractivity contribution >= 4 is 15.9 Å². The number of rotatable bonds is 5. The Hall–Kier alpha value is -1.51. The fourth-order valence-corrected chi connectivity index (χ4v) is 4.08. The minimum atomic E-state index is -4.06. The molecule has 0 saturated heterocycles. The molecular weight excluding hydrogens is 316 g/mol. The topological polar surface area (TPSA) is 81.1 Å². The van der Waals surface area contributed by atoms with Gasteiger partial charge in [0.1, 0.15) is 11.4 Å². The van der Waals surface area contributed by atoms with E-state index >= 15 is 0 Å². The van der Waals surface area contributed by atoms with Gasteiger partial charge in [0, 0.05) is 12.1 Å². The van der Waals surface area contributed by atoms with Crippen LogP contribution in [0.15, 0.2) is 17.3 Å². The monoisotopic (exact) mass is 333 g/mol. The predicted molar refractivity (Wildman–Crippen MR) is 72.5 cm³/mol. The van der Waals surface area contributed by atoms with Crippen LogP contribution in [-0.4, -0.2) is 30.5 Å². The molecule has 1 heterocycles. The lowest BCUT2D eigenvalue weighted by atomic mass is 9.89. The SMILES string of the molecule is O=C(NS(=O)(=O)c1cnn(CC(F)F)c1)C1CCC2CC2C1. The Labute approximate surface area is 126 Å². The van der Waals surface area contributed by atoms with Crippen molar-refractivity contribution in [3.8, 4) is 0 Å². The molecule has 2 aliphatic carbocycles. The molecule has 3 atom stereocenters. The molecule has 3 rings (SSSR count). The zero-order chi connectivity index (χ0) is 15.9. The lowest BCUT2D eigenvalue weighted by molar-refractivity contribution is -0.124. The van der Waals surface area contributed by atoms with E-state index in [9.17, 15) is 22.0 Å². The maximum absolute atomic E-state index is 12.2. The average molecular weight is 333 g/mol. The van der Waals surface area contributed by atoms with Crippen molar-refractivity contribution in [1.29, 1.82) is 0 Å². The smallest absolute Gasteiger partial charge is 0.267 e. The molecule has 6 nitrogen and oxygen atoms in total. The standard InChI is InChI=1S/C13H17F2N3O3S/c14-12(15)7-18-6-11(5-16-18)22(20,21)17-13(19)9-2-1-8-3-10(8)4-9/h5-6,8-10,12H,1-4,7H2,(H,17,19). The van der Waals surface area contributed by atoms with Gasteiger partial charge in [-0.25, -0.2) is 21.9 Å². The van der Waals surface area contributed by atoms with Crippen molar-refractivity contribution in [2.75, 3.05) is 0 Å². The number of hydrogen-bond donors (Lipinski definition) is 1. The second-order valence-corrected chi connectivity index (χ2v) is 7.71. The highest BCUT2D eigenvalue weighted by molar-refractivity contribution is 7.90. The number of nitrogens with zero attached hydrogens (tertiary/aromatic N) is 2. The van der Waals surface area contributed by atoms with E-state index in [1.54, 1.807) is 0 Å². The fourth-order valence-electron chi connectivity index (χ4n) is 3.09. The number of nitrogens with one attached hydrogen (secondary N) is 1. The molecular formula is C13H17F2N3O3S. The summed E-state index contributed by atoms with van der Waals surface area (Å²) >= 11 is 0. The van der Waals surface area contributed by atoms with Crippen LogP contribution in [0.25, 0.3) is 0 Å². The second-order valence-electron chi connectivity index (χ2n) is 6.02. The zero-order valence-corrected chi connectivity index (χ0v) is 12.6. The van der Waals surface area contributed by atoms with E-state index in [1.165, 1.54) is 0 Å². The van der Waals surface area contributed by atoms with Gasteiger partial charge >= 0.3 is 0 Å². The Morgan fingerprint density at radius 2 is 2.14 bits per heavy atom. The first-order valence-electron chi connectivity index (χ1n) is 7.22. The van der Waals surface area contributed by atoms with Crippen molar-refractivity contribution in [2.24, 2.45) is 17.8 Å². The lowest BCUT2D eigenvalue weighted by Crippen LogP contribution is -2.36. The minimum Gasteiger partial charge on any atom is -0.274 e. The van der Waals surface area contributed by atoms with Gasteiger partial charge in [0.25, 0.3) is 16.4 Å². The van der Waals surface area contributed by atoms with Gasteiger partial charge in [-0.3, -0.25) is 9.48 Å². The molecule has 122 valence electrons. The third-order valence-corrected chi connectivity index (χ3v) is 5.69. The quantitative estimate of drug-likeness (QED) is 0.883. The molecule has 1 N–H and O–H groups in total. The van der Waals surface area contributed by atoms with E-state index in [2.05, 4.69) is 5.10 Å². The van der Waals surface area contributed by atoms with Crippen molar-refractivity contribution in [1.82, 2.24) is 14.5 Å². The summed E-state index contributed by atoms with van der Waals surface area (Å²) in [4.78, 5) is 11.8. The van der Waals surface area contributed by atoms with Gasteiger partial charge in [0.05, 0.1) is 6.20 Å². The molecule has 2 fully saturated rings. The number of aromatic nitrogens is 2. The van der Waals surface area contributed by atoms with Crippen LogP contribution in [0.5, 0.6) is 0 Å². The van der Waals surface area contributed by atoms with E-state index < -0.39 is 28.9 Å². The van der Waals surface area contributed by atoms with E-state index in [4.69, 9.17) is 0 Å². The molecule has 1 aromatic rings. The summed E-state index contributed by atoms with van der Waals surface area (Å²) in [5, 5.41) is 3.57. The minimum absolute atomic E-state index is 0.276. The Balaban J connectivity index is 1.64. The summed E-state index contributed by atoms with van der Waals surface area (Å²) in [6.45, 7) is -0.685. The van der Waals surface area contributed by atoms with Crippen LogP contribution in [0.2, 0.25) is 0 Å². The molecule has 2 saturated carbocycles. The van der Waals surface area contributed by atoms with Gasteiger partial charge in [0.15, 0.2) is 0 Å². The highest BCUT2D eigenvalue weighted by Gasteiger charge is 2.44. The molecule has 0 aliphatic heterocycles. The molecule has 3 unspecified atom stereocenters. The molecule has 1 aromatic heterocycles. The maximum Gasteiger partial charge on any atom is 0.267 e. The summed E-state index contributed by atoms with van der Waals surface area (Å²) in [6, 6.07) is 0. The largest absolute Gasteiger partial charge is 0.274 e. The van der Waals surface area contributed by atoms with Crippen LogP contribution in [0, 0.1) is 17.8 Å². The number of halogens is 2. The first-order chi connectivity index (χ1) is 10.3. The van der Waals surface area contributed by atoms with Gasteiger partial charge in [0.2, 0.25) is 5.91 Å². The van der Waals surface area contributed by atoms with Crippen molar-refractivity contribution in [3.63, 3.8) is 0 Å². The molecule has 1 amide bonds. The molecule has 0 spiro atoms. The second kappa shape index (κ2) is 5.60. The first kappa shape index (κ1) is 15.4. The van der Waals surface area contributed by atoms with E-state index in [1.807, 2.05) is 4.72 Å². The molecule has 0 radical (unpaired) electrons. The number of alkyl halides is 2. The van der Waals surface area contributed by atoms with Gasteiger partial charge in [-0.1, -0.05) is 0 Å². The number of hydrogen-bond acceptors (Lipinski definition) is 4. The number of sulfonamides is 1. The fraction of sp³-hybridized carbons (Fsp3) is 0.692. The van der Waals surface area contributed by atoms with Crippen molar-refractivity contribution in [3.05, 3.63) is 12.4 Å². The Bertz CT molecular complexity index is 674. The maximum atomic E-state index is 12.2. The normalized spacial score (nSPS) is 27.5. The third-order valence-electron chi connectivity index (χ3n) is 4.39. The highest BCUT2D eigenvalue weighted by atomic mass is 32.2. The van der Waals surface area contributed by atoms with Gasteiger partial charge in [-0.2, -0.15) is 5.10 Å². The van der Waals surface area contributed by atoms with Crippen LogP contribution >= 0.6 is 0 Å². The zero-order valence-electron chi connectivity index (χ0n) is 11.8. The summed E-state index contributed by atoms with van der Waals surface area (Å²) in [7, 11) is -4.06. The first-order valence-corrected chi connectivity index (χ1v) is 8.71. The van der Waals surface area contributed by atoms with Crippen molar-refractivity contribution in [2.45, 2.75) is 43.5 Å². The van der Waals surface area contributed by atoms with Gasteiger partial charge in [-0.05, 0) is 37.5 Å². The van der Waals surface area contributed by atoms with Crippen LogP contribution in [0.4, 0.5) is 8.78 Å². The van der Waals surface area contributed by atoms with Gasteiger partial charge in [-0.15, -0.1) is 0 Å². The number of carbonyl (C=O) groups is 1. The Kier molecular flexibility index (Phi) is 3.92. The summed E-state index contributed by atoms with van der Waals surface area (Å²) < 4.78 is 51.6. The van der Waals surface area contributed by atoms with E-state index in [0.717, 1.165) is 36.3 Å². The summed E-state index contributed by atoms with van der Waals surface area (Å²) in [5.74, 6) is 0.482. The molecule has 2 aliphatic rings. The number of amides is 1. The molecule has 22 heavy (non-hydrogen) atoms. The molecule has 0 aromatic carbocycles.